The molecule has 0 radical (unpaired) electrons. The molecule has 1 heterocycles. The largest absolute Gasteiger partial charge is 0.496 e. The highest BCUT2D eigenvalue weighted by Crippen LogP contribution is 2.22. The standard InChI is InChI=1S/C19H20F2N2O4S/c1-27-18-5-3-2-4-14(18)12-19(24)22-8-10-23(11-9-22)28(25,26)15-6-7-16(20)17(21)13-15/h2-7,13H,8-12H2,1H3. The van der Waals surface area contributed by atoms with Crippen LogP contribution in [-0.4, -0.2) is 56.8 Å². The Morgan fingerprint density at radius 1 is 1.04 bits per heavy atom. The highest BCUT2D eigenvalue weighted by molar-refractivity contribution is 7.89. The molecule has 0 saturated carbocycles. The van der Waals surface area contributed by atoms with Gasteiger partial charge in [-0.15, -0.1) is 0 Å². The van der Waals surface area contributed by atoms with E-state index in [-0.39, 0.29) is 43.4 Å². The molecule has 6 nitrogen and oxygen atoms in total. The molecule has 1 amide bonds. The summed E-state index contributed by atoms with van der Waals surface area (Å²) in [5.41, 5.74) is 0.756. The Morgan fingerprint density at radius 3 is 2.36 bits per heavy atom. The maximum absolute atomic E-state index is 13.4. The van der Waals surface area contributed by atoms with E-state index < -0.39 is 21.7 Å². The van der Waals surface area contributed by atoms with Crippen LogP contribution in [0.2, 0.25) is 0 Å². The zero-order valence-electron chi connectivity index (χ0n) is 15.3. The Labute approximate surface area is 162 Å². The summed E-state index contributed by atoms with van der Waals surface area (Å²) in [5, 5.41) is 0. The number of carbonyl (C=O) groups excluding carboxylic acids is 1. The van der Waals surface area contributed by atoms with Gasteiger partial charge in [-0.25, -0.2) is 17.2 Å². The molecule has 0 bridgehead atoms. The molecule has 1 saturated heterocycles. The number of benzene rings is 2. The summed E-state index contributed by atoms with van der Waals surface area (Å²) in [4.78, 5) is 13.8. The summed E-state index contributed by atoms with van der Waals surface area (Å²) in [6.45, 7) is 0.603. The molecule has 1 aliphatic rings. The van der Waals surface area contributed by atoms with E-state index in [1.165, 1.54) is 11.4 Å². The van der Waals surface area contributed by atoms with Gasteiger partial charge in [-0.3, -0.25) is 4.79 Å². The number of piperazine rings is 1. The van der Waals surface area contributed by atoms with E-state index in [2.05, 4.69) is 0 Å². The molecule has 0 spiro atoms. The van der Waals surface area contributed by atoms with E-state index in [0.717, 1.165) is 17.7 Å². The molecule has 2 aromatic carbocycles. The number of para-hydroxylation sites is 1. The number of amides is 1. The first kappa shape index (κ1) is 20.2. The lowest BCUT2D eigenvalue weighted by molar-refractivity contribution is -0.131. The van der Waals surface area contributed by atoms with Gasteiger partial charge in [-0.2, -0.15) is 4.31 Å². The smallest absolute Gasteiger partial charge is 0.243 e. The summed E-state index contributed by atoms with van der Waals surface area (Å²) in [6, 6.07) is 9.70. The fraction of sp³-hybridized carbons (Fsp3) is 0.316. The van der Waals surface area contributed by atoms with Crippen molar-refractivity contribution in [2.75, 3.05) is 33.3 Å². The van der Waals surface area contributed by atoms with Gasteiger partial charge < -0.3 is 9.64 Å². The van der Waals surface area contributed by atoms with Crippen molar-refractivity contribution in [1.82, 2.24) is 9.21 Å². The predicted octanol–water partition coefficient (Wildman–Crippen LogP) is 2.05. The topological polar surface area (TPSA) is 66.9 Å². The number of carbonyl (C=O) groups is 1. The maximum Gasteiger partial charge on any atom is 0.243 e. The van der Waals surface area contributed by atoms with Crippen molar-refractivity contribution in [2.24, 2.45) is 0 Å². The number of halogens is 2. The van der Waals surface area contributed by atoms with Crippen LogP contribution in [0.5, 0.6) is 5.75 Å². The number of sulfonamides is 1. The summed E-state index contributed by atoms with van der Waals surface area (Å²) in [7, 11) is -2.42. The normalized spacial score (nSPS) is 15.5. The van der Waals surface area contributed by atoms with Gasteiger partial charge in [0.25, 0.3) is 0 Å². The van der Waals surface area contributed by atoms with Crippen molar-refractivity contribution in [3.63, 3.8) is 0 Å². The highest BCUT2D eigenvalue weighted by atomic mass is 32.2. The predicted molar refractivity (Wildman–Crippen MR) is 98.4 cm³/mol. The summed E-state index contributed by atoms with van der Waals surface area (Å²) in [6.07, 6.45) is 0.153. The Morgan fingerprint density at radius 2 is 1.71 bits per heavy atom. The third-order valence-electron chi connectivity index (χ3n) is 4.65. The second-order valence-electron chi connectivity index (χ2n) is 6.35. The Kier molecular flexibility index (Phi) is 5.95. The highest BCUT2D eigenvalue weighted by Gasteiger charge is 2.30. The first-order valence-electron chi connectivity index (χ1n) is 8.68. The van der Waals surface area contributed by atoms with Crippen LogP contribution in [0.3, 0.4) is 0 Å². The molecule has 9 heteroatoms. The number of ether oxygens (including phenoxy) is 1. The molecule has 0 aromatic heterocycles. The molecule has 0 unspecified atom stereocenters. The summed E-state index contributed by atoms with van der Waals surface area (Å²) in [5.74, 6) is -1.83. The first-order valence-corrected chi connectivity index (χ1v) is 10.1. The lowest BCUT2D eigenvalue weighted by atomic mass is 10.1. The third-order valence-corrected chi connectivity index (χ3v) is 6.55. The van der Waals surface area contributed by atoms with Crippen molar-refractivity contribution in [3.8, 4) is 5.75 Å². The van der Waals surface area contributed by atoms with Crippen molar-refractivity contribution >= 4 is 15.9 Å². The van der Waals surface area contributed by atoms with Gasteiger partial charge in [0.15, 0.2) is 11.6 Å². The van der Waals surface area contributed by atoms with Crippen LogP contribution in [0.25, 0.3) is 0 Å². The van der Waals surface area contributed by atoms with Crippen LogP contribution in [0.4, 0.5) is 8.78 Å². The SMILES string of the molecule is COc1ccccc1CC(=O)N1CCN(S(=O)(=O)c2ccc(F)c(F)c2)CC1. The Balaban J connectivity index is 1.65. The van der Waals surface area contributed by atoms with Gasteiger partial charge in [0, 0.05) is 31.7 Å². The fourth-order valence-electron chi connectivity index (χ4n) is 3.09. The van der Waals surface area contributed by atoms with E-state index in [9.17, 15) is 22.0 Å². The van der Waals surface area contributed by atoms with Crippen LogP contribution >= 0.6 is 0 Å². The van der Waals surface area contributed by atoms with Gasteiger partial charge in [0.1, 0.15) is 5.75 Å². The van der Waals surface area contributed by atoms with Gasteiger partial charge in [-0.1, -0.05) is 18.2 Å². The molecule has 150 valence electrons. The van der Waals surface area contributed by atoms with Gasteiger partial charge in [0.05, 0.1) is 18.4 Å². The third kappa shape index (κ3) is 4.15. The van der Waals surface area contributed by atoms with Crippen LogP contribution < -0.4 is 4.74 Å². The molecule has 0 aliphatic carbocycles. The second kappa shape index (κ2) is 8.24. The minimum atomic E-state index is -3.95. The zero-order valence-corrected chi connectivity index (χ0v) is 16.1. The number of rotatable bonds is 5. The average molecular weight is 410 g/mol. The molecule has 2 aromatic rings. The van der Waals surface area contributed by atoms with Gasteiger partial charge in [-0.05, 0) is 24.3 Å². The van der Waals surface area contributed by atoms with E-state index in [4.69, 9.17) is 4.74 Å². The number of hydrogen-bond acceptors (Lipinski definition) is 4. The lowest BCUT2D eigenvalue weighted by Gasteiger charge is -2.34. The van der Waals surface area contributed by atoms with Crippen molar-refractivity contribution < 1.29 is 26.7 Å². The number of hydrogen-bond donors (Lipinski definition) is 0. The van der Waals surface area contributed by atoms with E-state index in [1.807, 2.05) is 12.1 Å². The van der Waals surface area contributed by atoms with Crippen LogP contribution in [-0.2, 0) is 21.2 Å². The zero-order chi connectivity index (χ0) is 20.3. The Bertz CT molecular complexity index is 974. The second-order valence-corrected chi connectivity index (χ2v) is 8.29. The monoisotopic (exact) mass is 410 g/mol. The number of nitrogens with zero attached hydrogens (tertiary/aromatic N) is 2. The van der Waals surface area contributed by atoms with E-state index in [0.29, 0.717) is 11.8 Å². The minimum Gasteiger partial charge on any atom is -0.496 e. The molecule has 1 fully saturated rings. The summed E-state index contributed by atoms with van der Waals surface area (Å²) >= 11 is 0. The van der Waals surface area contributed by atoms with Crippen molar-refractivity contribution in [2.45, 2.75) is 11.3 Å². The Hall–Kier alpha value is -2.52. The maximum atomic E-state index is 13.4. The number of methoxy groups -OCH3 is 1. The molecule has 0 atom stereocenters. The molecule has 0 N–H and O–H groups in total. The lowest BCUT2D eigenvalue weighted by Crippen LogP contribution is -2.50. The first-order chi connectivity index (χ1) is 13.3. The quantitative estimate of drug-likeness (QED) is 0.757. The summed E-state index contributed by atoms with van der Waals surface area (Å²) < 4.78 is 58.1. The molecule has 3 rings (SSSR count). The van der Waals surface area contributed by atoms with Crippen LogP contribution in [0.15, 0.2) is 47.4 Å². The minimum absolute atomic E-state index is 0.0823. The molecular weight excluding hydrogens is 390 g/mol. The average Bonchev–Trinajstić information content (AvgIpc) is 2.70. The van der Waals surface area contributed by atoms with Gasteiger partial charge in [0.2, 0.25) is 15.9 Å². The van der Waals surface area contributed by atoms with Crippen LogP contribution in [0.1, 0.15) is 5.56 Å². The van der Waals surface area contributed by atoms with Crippen molar-refractivity contribution in [1.29, 1.82) is 0 Å². The van der Waals surface area contributed by atoms with Crippen molar-refractivity contribution in [3.05, 3.63) is 59.7 Å². The van der Waals surface area contributed by atoms with Gasteiger partial charge >= 0.3 is 0 Å². The fourth-order valence-corrected chi connectivity index (χ4v) is 4.52. The molecule has 1 aliphatic heterocycles. The molecule has 28 heavy (non-hydrogen) atoms. The van der Waals surface area contributed by atoms with E-state index >= 15 is 0 Å². The molecular formula is C19H20F2N2O4S. The van der Waals surface area contributed by atoms with E-state index in [1.54, 1.807) is 17.0 Å². The van der Waals surface area contributed by atoms with Crippen LogP contribution in [0, 0.1) is 11.6 Å².